The van der Waals surface area contributed by atoms with Gasteiger partial charge in [-0.15, -0.1) is 0 Å². The van der Waals surface area contributed by atoms with E-state index in [-0.39, 0.29) is 11.3 Å². The lowest BCUT2D eigenvalue weighted by atomic mass is 10.1. The lowest BCUT2D eigenvalue weighted by Gasteiger charge is -2.26. The van der Waals surface area contributed by atoms with E-state index in [0.29, 0.717) is 41.0 Å². The van der Waals surface area contributed by atoms with Crippen molar-refractivity contribution in [1.29, 1.82) is 0 Å². The smallest absolute Gasteiger partial charge is 0.335 e. The quantitative estimate of drug-likeness (QED) is 0.137. The molecule has 6 rings (SSSR count). The first-order valence-electron chi connectivity index (χ1n) is 14.1. The van der Waals surface area contributed by atoms with Crippen LogP contribution in [0.4, 0.5) is 10.5 Å². The lowest BCUT2D eigenvalue weighted by molar-refractivity contribution is -0.122. The van der Waals surface area contributed by atoms with Crippen molar-refractivity contribution >= 4 is 52.0 Å². The van der Waals surface area contributed by atoms with E-state index in [9.17, 15) is 14.4 Å². The molecule has 1 aliphatic rings. The average molecular weight is 619 g/mol. The zero-order chi connectivity index (χ0) is 31.3. The van der Waals surface area contributed by atoms with Gasteiger partial charge in [0, 0.05) is 5.02 Å². The second-order valence-corrected chi connectivity index (χ2v) is 10.6. The molecule has 0 saturated carbocycles. The molecule has 1 aliphatic heterocycles. The van der Waals surface area contributed by atoms with Crippen LogP contribution in [0.5, 0.6) is 17.2 Å². The van der Waals surface area contributed by atoms with Gasteiger partial charge >= 0.3 is 6.03 Å². The van der Waals surface area contributed by atoms with E-state index in [1.165, 1.54) is 13.2 Å². The molecule has 0 atom stereocenters. The summed E-state index contributed by atoms with van der Waals surface area (Å²) in [7, 11) is 1.51. The number of anilines is 1. The second kappa shape index (κ2) is 13.0. The van der Waals surface area contributed by atoms with Crippen LogP contribution in [-0.4, -0.2) is 25.0 Å². The van der Waals surface area contributed by atoms with Gasteiger partial charge in [0.25, 0.3) is 11.8 Å². The average Bonchev–Trinajstić information content (AvgIpc) is 3.06. The number of rotatable bonds is 9. The van der Waals surface area contributed by atoms with Crippen LogP contribution in [0.15, 0.2) is 115 Å². The summed E-state index contributed by atoms with van der Waals surface area (Å²) in [6.45, 7) is 0.637. The number of carbonyl (C=O) groups excluding carboxylic acids is 3. The molecule has 8 nitrogen and oxygen atoms in total. The summed E-state index contributed by atoms with van der Waals surface area (Å²) >= 11 is 5.93. The largest absolute Gasteiger partial charge is 0.493 e. The molecule has 0 spiro atoms. The van der Waals surface area contributed by atoms with Crippen molar-refractivity contribution in [3.8, 4) is 17.2 Å². The highest BCUT2D eigenvalue weighted by Crippen LogP contribution is 2.32. The molecule has 0 aliphatic carbocycles. The third-order valence-corrected chi connectivity index (χ3v) is 7.53. The lowest BCUT2D eigenvalue weighted by Crippen LogP contribution is -2.54. The fraction of sp³-hybridized carbons (Fsp3) is 0.0833. The Morgan fingerprint density at radius 2 is 1.53 bits per heavy atom. The maximum Gasteiger partial charge on any atom is 0.335 e. The molecule has 1 fully saturated rings. The number of carbonyl (C=O) groups is 3. The molecule has 0 aromatic heterocycles. The Morgan fingerprint density at radius 1 is 0.778 bits per heavy atom. The predicted molar refractivity (Wildman–Crippen MR) is 173 cm³/mol. The van der Waals surface area contributed by atoms with Gasteiger partial charge in [-0.05, 0) is 82.1 Å². The predicted octanol–water partition coefficient (Wildman–Crippen LogP) is 7.33. The highest BCUT2D eigenvalue weighted by molar-refractivity contribution is 6.39. The monoisotopic (exact) mass is 618 g/mol. The maximum absolute atomic E-state index is 13.4. The van der Waals surface area contributed by atoms with Gasteiger partial charge in [0.05, 0.1) is 12.8 Å². The summed E-state index contributed by atoms with van der Waals surface area (Å²) in [5.41, 5.74) is 2.55. The molecule has 5 aromatic rings. The molecule has 4 amide bonds. The summed E-state index contributed by atoms with van der Waals surface area (Å²) < 4.78 is 17.5. The minimum absolute atomic E-state index is 0.204. The number of urea groups is 1. The number of ether oxygens (including phenoxy) is 3. The fourth-order valence-corrected chi connectivity index (χ4v) is 5.09. The van der Waals surface area contributed by atoms with Crippen LogP contribution in [0.25, 0.3) is 16.8 Å². The van der Waals surface area contributed by atoms with Gasteiger partial charge in [-0.25, -0.2) is 9.69 Å². The third-order valence-electron chi connectivity index (χ3n) is 7.28. The van der Waals surface area contributed by atoms with Crippen molar-refractivity contribution in [3.63, 3.8) is 0 Å². The first kappa shape index (κ1) is 29.5. The second-order valence-electron chi connectivity index (χ2n) is 10.2. The summed E-state index contributed by atoms with van der Waals surface area (Å²) in [6, 6.07) is 32.1. The number of nitrogens with one attached hydrogen (secondary N) is 1. The van der Waals surface area contributed by atoms with Crippen LogP contribution < -0.4 is 24.4 Å². The topological polar surface area (TPSA) is 94.2 Å². The first-order chi connectivity index (χ1) is 21.9. The van der Waals surface area contributed by atoms with Gasteiger partial charge in [0.2, 0.25) is 0 Å². The van der Waals surface area contributed by atoms with Crippen LogP contribution in [0.1, 0.15) is 16.7 Å². The fourth-order valence-electron chi connectivity index (χ4n) is 4.96. The Bertz CT molecular complexity index is 1930. The molecule has 1 saturated heterocycles. The highest BCUT2D eigenvalue weighted by Gasteiger charge is 2.36. The van der Waals surface area contributed by atoms with Crippen molar-refractivity contribution in [1.82, 2.24) is 5.32 Å². The molecule has 0 bridgehead atoms. The summed E-state index contributed by atoms with van der Waals surface area (Å²) in [5, 5.41) is 5.10. The van der Waals surface area contributed by atoms with E-state index in [1.54, 1.807) is 54.6 Å². The zero-order valence-corrected chi connectivity index (χ0v) is 24.9. The van der Waals surface area contributed by atoms with Gasteiger partial charge in [0.1, 0.15) is 24.5 Å². The third kappa shape index (κ3) is 6.51. The number of hydrogen-bond donors (Lipinski definition) is 1. The molecule has 1 N–H and O–H groups in total. The van der Waals surface area contributed by atoms with Crippen molar-refractivity contribution in [2.45, 2.75) is 13.2 Å². The molecule has 0 radical (unpaired) electrons. The van der Waals surface area contributed by atoms with Crippen LogP contribution >= 0.6 is 11.6 Å². The van der Waals surface area contributed by atoms with Crippen LogP contribution in [0.2, 0.25) is 5.02 Å². The van der Waals surface area contributed by atoms with Gasteiger partial charge in [-0.3, -0.25) is 14.9 Å². The van der Waals surface area contributed by atoms with Gasteiger partial charge in [-0.1, -0.05) is 72.3 Å². The Labute approximate surface area is 264 Å². The number of barbiturate groups is 1. The minimum Gasteiger partial charge on any atom is -0.493 e. The Morgan fingerprint density at radius 3 is 2.31 bits per heavy atom. The number of hydrogen-bond acceptors (Lipinski definition) is 6. The summed E-state index contributed by atoms with van der Waals surface area (Å²) in [6.07, 6.45) is 1.41. The number of methoxy groups -OCH3 is 1. The van der Waals surface area contributed by atoms with E-state index >= 15 is 0 Å². The Kier molecular flexibility index (Phi) is 8.48. The molecule has 224 valence electrons. The zero-order valence-electron chi connectivity index (χ0n) is 24.2. The standard InChI is InChI=1S/C36H27ClN2O6/c1-43-33-20-24(11-18-32(33)45-22-26-7-4-6-25-5-2-3-8-30(25)26)19-31-34(40)38-36(42)39(35(31)41)28-14-16-29(17-15-28)44-21-23-9-12-27(37)13-10-23/h2-20H,21-22H2,1H3,(H,38,40,42)/b31-19+. The Balaban J connectivity index is 1.17. The minimum atomic E-state index is -0.841. The number of fused-ring (bicyclic) bond motifs is 1. The summed E-state index contributed by atoms with van der Waals surface area (Å²) in [5.74, 6) is -0.0777. The molecule has 0 unspecified atom stereocenters. The number of halogens is 1. The van der Waals surface area contributed by atoms with Crippen molar-refractivity contribution in [2.75, 3.05) is 12.0 Å². The molecule has 1 heterocycles. The number of benzene rings is 5. The van der Waals surface area contributed by atoms with E-state index in [0.717, 1.165) is 26.8 Å². The van der Waals surface area contributed by atoms with Crippen LogP contribution in [0, 0.1) is 0 Å². The molecular formula is C36H27ClN2O6. The van der Waals surface area contributed by atoms with E-state index in [1.807, 2.05) is 54.6 Å². The highest BCUT2D eigenvalue weighted by atomic mass is 35.5. The number of imide groups is 2. The normalized spacial score (nSPS) is 14.0. The SMILES string of the molecule is COc1cc(/C=C2\C(=O)NC(=O)N(c3ccc(OCc4ccc(Cl)cc4)cc3)C2=O)ccc1OCc1cccc2ccccc12. The van der Waals surface area contributed by atoms with E-state index in [4.69, 9.17) is 25.8 Å². The molecule has 5 aromatic carbocycles. The number of amides is 4. The molecular weight excluding hydrogens is 592 g/mol. The van der Waals surface area contributed by atoms with Crippen molar-refractivity contribution < 1.29 is 28.6 Å². The van der Waals surface area contributed by atoms with Crippen molar-refractivity contribution in [3.05, 3.63) is 136 Å². The maximum atomic E-state index is 13.4. The molecule has 9 heteroatoms. The Hall–Kier alpha value is -5.60. The van der Waals surface area contributed by atoms with E-state index in [2.05, 4.69) is 5.32 Å². The summed E-state index contributed by atoms with van der Waals surface area (Å²) in [4.78, 5) is 39.8. The van der Waals surface area contributed by atoms with Crippen LogP contribution in [-0.2, 0) is 22.8 Å². The van der Waals surface area contributed by atoms with Crippen molar-refractivity contribution in [2.24, 2.45) is 0 Å². The number of nitrogens with zero attached hydrogens (tertiary/aromatic N) is 1. The van der Waals surface area contributed by atoms with E-state index < -0.39 is 17.8 Å². The van der Waals surface area contributed by atoms with Gasteiger partial charge < -0.3 is 14.2 Å². The molecule has 45 heavy (non-hydrogen) atoms. The van der Waals surface area contributed by atoms with Crippen LogP contribution in [0.3, 0.4) is 0 Å². The van der Waals surface area contributed by atoms with Gasteiger partial charge in [-0.2, -0.15) is 0 Å². The van der Waals surface area contributed by atoms with Gasteiger partial charge in [0.15, 0.2) is 11.5 Å². The first-order valence-corrected chi connectivity index (χ1v) is 14.4.